The van der Waals surface area contributed by atoms with Crippen LogP contribution in [0.15, 0.2) is 23.2 Å². The number of aliphatic imine (C=N–C) groups is 1. The summed E-state index contributed by atoms with van der Waals surface area (Å²) in [6.45, 7) is 4.09. The molecule has 0 spiro atoms. The average Bonchev–Trinajstić information content (AvgIpc) is 3.43. The fourth-order valence-corrected chi connectivity index (χ4v) is 2.42. The van der Waals surface area contributed by atoms with Crippen molar-refractivity contribution in [3.8, 4) is 5.75 Å². The molecule has 1 fully saturated rings. The van der Waals surface area contributed by atoms with Crippen molar-refractivity contribution in [2.45, 2.75) is 26.2 Å². The van der Waals surface area contributed by atoms with Crippen molar-refractivity contribution in [1.29, 1.82) is 0 Å². The number of carbonyl (C=O) groups is 1. The third kappa shape index (κ3) is 5.76. The van der Waals surface area contributed by atoms with Crippen molar-refractivity contribution < 1.29 is 9.53 Å². The van der Waals surface area contributed by atoms with Crippen molar-refractivity contribution >= 4 is 11.9 Å². The number of guanidine groups is 1. The van der Waals surface area contributed by atoms with Gasteiger partial charge in [0.25, 0.3) is 0 Å². The Morgan fingerprint density at radius 2 is 1.92 bits per heavy atom. The molecular weight excluding hydrogens is 304 g/mol. The predicted octanol–water partition coefficient (Wildman–Crippen LogP) is 1.24. The molecule has 0 saturated heterocycles. The zero-order chi connectivity index (χ0) is 17.4. The smallest absolute Gasteiger partial charge is 0.223 e. The summed E-state index contributed by atoms with van der Waals surface area (Å²) >= 11 is 0. The monoisotopic (exact) mass is 332 g/mol. The maximum Gasteiger partial charge on any atom is 0.223 e. The van der Waals surface area contributed by atoms with Gasteiger partial charge < -0.3 is 20.7 Å². The quantitative estimate of drug-likeness (QED) is 0.380. The number of ether oxygens (including phenoxy) is 1. The molecule has 1 aromatic carbocycles. The number of hydrogen-bond donors (Lipinski definition) is 3. The van der Waals surface area contributed by atoms with Crippen LogP contribution >= 0.6 is 0 Å². The largest absolute Gasteiger partial charge is 0.496 e. The Morgan fingerprint density at radius 3 is 2.58 bits per heavy atom. The standard InChI is InChI=1S/C18H28N4O2/c1-13-4-5-14(12-16(13)24-3)8-9-21-18(19-2)22-11-10-20-17(23)15-6-7-15/h4-5,12,15H,6-11H2,1-3H3,(H,20,23)(H2,19,21,22). The molecule has 2 rings (SSSR count). The second kappa shape index (κ2) is 9.15. The van der Waals surface area contributed by atoms with Crippen LogP contribution in [0.25, 0.3) is 0 Å². The zero-order valence-corrected chi connectivity index (χ0v) is 14.8. The Morgan fingerprint density at radius 1 is 1.21 bits per heavy atom. The lowest BCUT2D eigenvalue weighted by molar-refractivity contribution is -0.122. The highest BCUT2D eigenvalue weighted by molar-refractivity contribution is 5.81. The lowest BCUT2D eigenvalue weighted by Gasteiger charge is -2.13. The number of aryl methyl sites for hydroxylation is 1. The first-order chi connectivity index (χ1) is 11.6. The SMILES string of the molecule is CN=C(NCCNC(=O)C1CC1)NCCc1ccc(C)c(OC)c1. The van der Waals surface area contributed by atoms with Crippen LogP contribution in [-0.4, -0.2) is 45.7 Å². The first-order valence-corrected chi connectivity index (χ1v) is 8.49. The Bertz CT molecular complexity index is 582. The second-order valence-corrected chi connectivity index (χ2v) is 6.05. The number of hydrogen-bond acceptors (Lipinski definition) is 3. The predicted molar refractivity (Wildman–Crippen MR) is 96.5 cm³/mol. The van der Waals surface area contributed by atoms with Crippen molar-refractivity contribution in [2.24, 2.45) is 10.9 Å². The molecule has 0 unspecified atom stereocenters. The van der Waals surface area contributed by atoms with Crippen LogP contribution in [0.5, 0.6) is 5.75 Å². The molecule has 6 heteroatoms. The third-order valence-electron chi connectivity index (χ3n) is 4.07. The summed E-state index contributed by atoms with van der Waals surface area (Å²) in [5.41, 5.74) is 2.36. The highest BCUT2D eigenvalue weighted by Crippen LogP contribution is 2.28. The number of methoxy groups -OCH3 is 1. The van der Waals surface area contributed by atoms with E-state index in [2.05, 4.69) is 39.1 Å². The number of carbonyl (C=O) groups excluding carboxylic acids is 1. The first-order valence-electron chi connectivity index (χ1n) is 8.49. The molecular formula is C18H28N4O2. The zero-order valence-electron chi connectivity index (χ0n) is 14.8. The van der Waals surface area contributed by atoms with E-state index in [-0.39, 0.29) is 11.8 Å². The summed E-state index contributed by atoms with van der Waals surface area (Å²) < 4.78 is 5.35. The summed E-state index contributed by atoms with van der Waals surface area (Å²) in [6.07, 6.45) is 2.95. The Labute approximate surface area is 144 Å². The van der Waals surface area contributed by atoms with E-state index in [1.807, 2.05) is 6.92 Å². The van der Waals surface area contributed by atoms with Gasteiger partial charge in [-0.25, -0.2) is 0 Å². The highest BCUT2D eigenvalue weighted by Gasteiger charge is 2.28. The molecule has 3 N–H and O–H groups in total. The van der Waals surface area contributed by atoms with Crippen LogP contribution < -0.4 is 20.7 Å². The topological polar surface area (TPSA) is 74.8 Å². The van der Waals surface area contributed by atoms with Gasteiger partial charge in [-0.3, -0.25) is 9.79 Å². The van der Waals surface area contributed by atoms with Crippen LogP contribution in [0.4, 0.5) is 0 Å². The fraction of sp³-hybridized carbons (Fsp3) is 0.556. The Kier molecular flexibility index (Phi) is 6.90. The third-order valence-corrected chi connectivity index (χ3v) is 4.07. The van der Waals surface area contributed by atoms with Crippen LogP contribution in [0.2, 0.25) is 0 Å². The Balaban J connectivity index is 1.64. The van der Waals surface area contributed by atoms with Gasteiger partial charge in [-0.2, -0.15) is 0 Å². The molecule has 1 saturated carbocycles. The molecule has 1 aliphatic rings. The molecule has 1 aromatic rings. The molecule has 132 valence electrons. The van der Waals surface area contributed by atoms with E-state index in [1.54, 1.807) is 14.2 Å². The van der Waals surface area contributed by atoms with E-state index in [9.17, 15) is 4.79 Å². The first kappa shape index (κ1) is 18.1. The molecule has 0 aliphatic heterocycles. The number of amides is 1. The molecule has 24 heavy (non-hydrogen) atoms. The lowest BCUT2D eigenvalue weighted by Crippen LogP contribution is -2.42. The summed E-state index contributed by atoms with van der Waals surface area (Å²) in [5, 5.41) is 9.41. The molecule has 1 amide bonds. The molecule has 6 nitrogen and oxygen atoms in total. The van der Waals surface area contributed by atoms with E-state index < -0.39 is 0 Å². The van der Waals surface area contributed by atoms with Gasteiger partial charge in [-0.05, 0) is 43.4 Å². The fourth-order valence-electron chi connectivity index (χ4n) is 2.42. The normalized spacial score (nSPS) is 14.2. The highest BCUT2D eigenvalue weighted by atomic mass is 16.5. The van der Waals surface area contributed by atoms with E-state index in [0.29, 0.717) is 13.1 Å². The maximum atomic E-state index is 11.5. The molecule has 0 bridgehead atoms. The van der Waals surface area contributed by atoms with Gasteiger partial charge in [-0.1, -0.05) is 12.1 Å². The number of nitrogens with zero attached hydrogens (tertiary/aromatic N) is 1. The number of rotatable bonds is 8. The van der Waals surface area contributed by atoms with E-state index in [4.69, 9.17) is 4.74 Å². The van der Waals surface area contributed by atoms with Gasteiger partial charge in [0.1, 0.15) is 5.75 Å². The van der Waals surface area contributed by atoms with Crippen molar-refractivity contribution in [1.82, 2.24) is 16.0 Å². The Hall–Kier alpha value is -2.24. The average molecular weight is 332 g/mol. The maximum absolute atomic E-state index is 11.5. The molecule has 0 atom stereocenters. The van der Waals surface area contributed by atoms with E-state index in [0.717, 1.165) is 43.1 Å². The van der Waals surface area contributed by atoms with Crippen molar-refractivity contribution in [2.75, 3.05) is 33.8 Å². The minimum atomic E-state index is 0.174. The molecule has 0 heterocycles. The summed E-state index contributed by atoms with van der Waals surface area (Å²) in [6, 6.07) is 6.26. The summed E-state index contributed by atoms with van der Waals surface area (Å²) in [5.74, 6) is 2.10. The van der Waals surface area contributed by atoms with Gasteiger partial charge in [0.2, 0.25) is 5.91 Å². The van der Waals surface area contributed by atoms with E-state index >= 15 is 0 Å². The summed E-state index contributed by atoms with van der Waals surface area (Å²) in [7, 11) is 3.44. The van der Waals surface area contributed by atoms with Crippen LogP contribution in [-0.2, 0) is 11.2 Å². The second-order valence-electron chi connectivity index (χ2n) is 6.05. The van der Waals surface area contributed by atoms with Crippen LogP contribution in [0.3, 0.4) is 0 Å². The van der Waals surface area contributed by atoms with E-state index in [1.165, 1.54) is 5.56 Å². The molecule has 1 aliphatic carbocycles. The van der Waals surface area contributed by atoms with Gasteiger partial charge in [-0.15, -0.1) is 0 Å². The summed E-state index contributed by atoms with van der Waals surface area (Å²) in [4.78, 5) is 15.7. The minimum Gasteiger partial charge on any atom is -0.496 e. The van der Waals surface area contributed by atoms with Crippen LogP contribution in [0, 0.1) is 12.8 Å². The van der Waals surface area contributed by atoms with Gasteiger partial charge in [0.15, 0.2) is 5.96 Å². The molecule has 0 aromatic heterocycles. The minimum absolute atomic E-state index is 0.174. The number of nitrogens with one attached hydrogen (secondary N) is 3. The van der Waals surface area contributed by atoms with Gasteiger partial charge in [0, 0.05) is 32.6 Å². The lowest BCUT2D eigenvalue weighted by atomic mass is 10.1. The van der Waals surface area contributed by atoms with Crippen LogP contribution in [0.1, 0.15) is 24.0 Å². The van der Waals surface area contributed by atoms with Crippen molar-refractivity contribution in [3.63, 3.8) is 0 Å². The number of benzene rings is 1. The van der Waals surface area contributed by atoms with Gasteiger partial charge >= 0.3 is 0 Å². The van der Waals surface area contributed by atoms with Crippen molar-refractivity contribution in [3.05, 3.63) is 29.3 Å². The molecule has 0 radical (unpaired) electrons. The van der Waals surface area contributed by atoms with Gasteiger partial charge in [0.05, 0.1) is 7.11 Å².